The fourth-order valence-corrected chi connectivity index (χ4v) is 7.06. The molecular formula is C27H27ClF4N6O. The Morgan fingerprint density at radius 3 is 2.56 bits per heavy atom. The van der Waals surface area contributed by atoms with E-state index in [1.807, 2.05) is 18.2 Å². The van der Waals surface area contributed by atoms with E-state index >= 15 is 0 Å². The van der Waals surface area contributed by atoms with Gasteiger partial charge in [0.25, 0.3) is 0 Å². The van der Waals surface area contributed by atoms with Gasteiger partial charge in [-0.1, -0.05) is 11.6 Å². The first-order valence-corrected chi connectivity index (χ1v) is 13.5. The maximum Gasteiger partial charge on any atom is 0.391 e. The van der Waals surface area contributed by atoms with Gasteiger partial charge in [-0.05, 0) is 49.4 Å². The second-order valence-electron chi connectivity index (χ2n) is 11.5. The predicted octanol–water partition coefficient (Wildman–Crippen LogP) is 5.50. The SMILES string of the molecule is COc1cc(F)cnc1N1CC2(CC(c3nnc4n3-c3ccc(Cl)cc3CN(C3CC(C(F)(F)F)C3)C4)C2)C1. The molecule has 0 radical (unpaired) electrons. The van der Waals surface area contributed by atoms with Crippen LogP contribution in [0.2, 0.25) is 5.02 Å². The lowest BCUT2D eigenvalue weighted by Crippen LogP contribution is -2.62. The molecule has 4 aliphatic rings. The van der Waals surface area contributed by atoms with E-state index in [1.54, 1.807) is 0 Å². The van der Waals surface area contributed by atoms with Crippen molar-refractivity contribution in [3.05, 3.63) is 58.5 Å². The highest BCUT2D eigenvalue weighted by Gasteiger charge is 2.55. The van der Waals surface area contributed by atoms with Gasteiger partial charge in [-0.25, -0.2) is 9.37 Å². The molecule has 0 atom stereocenters. The number of rotatable bonds is 4. The second kappa shape index (κ2) is 8.79. The van der Waals surface area contributed by atoms with Crippen LogP contribution in [-0.4, -0.2) is 57.1 Å². The summed E-state index contributed by atoms with van der Waals surface area (Å²) in [6.45, 7) is 2.57. The van der Waals surface area contributed by atoms with Crippen molar-refractivity contribution in [3.8, 4) is 11.4 Å². The molecule has 2 aliphatic carbocycles. The molecule has 12 heteroatoms. The van der Waals surface area contributed by atoms with Crippen LogP contribution in [0.25, 0.3) is 5.69 Å². The Morgan fingerprint density at radius 1 is 1.08 bits per heavy atom. The molecule has 1 spiro atoms. The molecule has 2 aliphatic heterocycles. The van der Waals surface area contributed by atoms with Gasteiger partial charge in [-0.15, -0.1) is 10.2 Å². The Bertz CT molecular complexity index is 1420. The summed E-state index contributed by atoms with van der Waals surface area (Å²) in [5, 5.41) is 9.72. The highest BCUT2D eigenvalue weighted by molar-refractivity contribution is 6.30. The highest BCUT2D eigenvalue weighted by Crippen LogP contribution is 2.57. The van der Waals surface area contributed by atoms with Crippen molar-refractivity contribution < 1.29 is 22.3 Å². The molecule has 206 valence electrons. The number of nitrogens with zero attached hydrogens (tertiary/aromatic N) is 6. The van der Waals surface area contributed by atoms with E-state index in [-0.39, 0.29) is 30.2 Å². The fourth-order valence-electron chi connectivity index (χ4n) is 6.87. The molecule has 1 aromatic carbocycles. The number of benzene rings is 1. The van der Waals surface area contributed by atoms with Crippen molar-refractivity contribution in [1.82, 2.24) is 24.6 Å². The van der Waals surface area contributed by atoms with E-state index < -0.39 is 17.9 Å². The van der Waals surface area contributed by atoms with Crippen molar-refractivity contribution in [2.75, 3.05) is 25.1 Å². The quantitative estimate of drug-likeness (QED) is 0.391. The monoisotopic (exact) mass is 562 g/mol. The van der Waals surface area contributed by atoms with Gasteiger partial charge >= 0.3 is 6.18 Å². The minimum atomic E-state index is -4.15. The van der Waals surface area contributed by atoms with Gasteiger partial charge in [0.15, 0.2) is 17.4 Å². The van der Waals surface area contributed by atoms with Crippen LogP contribution in [0, 0.1) is 17.2 Å². The van der Waals surface area contributed by atoms with E-state index in [9.17, 15) is 17.6 Å². The molecule has 2 saturated carbocycles. The highest BCUT2D eigenvalue weighted by atomic mass is 35.5. The molecule has 3 aromatic rings. The maximum atomic E-state index is 13.6. The molecule has 39 heavy (non-hydrogen) atoms. The molecule has 0 bridgehead atoms. The van der Waals surface area contributed by atoms with Crippen LogP contribution in [0.5, 0.6) is 5.75 Å². The first-order chi connectivity index (χ1) is 18.6. The Labute approximate surface area is 227 Å². The third-order valence-corrected chi connectivity index (χ3v) is 9.18. The number of aromatic nitrogens is 4. The van der Waals surface area contributed by atoms with Gasteiger partial charge in [0.05, 0.1) is 31.5 Å². The molecule has 4 heterocycles. The topological polar surface area (TPSA) is 59.3 Å². The van der Waals surface area contributed by atoms with Crippen LogP contribution in [0.3, 0.4) is 0 Å². The normalized spacial score (nSPS) is 24.3. The number of hydrogen-bond donors (Lipinski definition) is 0. The number of fused-ring (bicyclic) bond motifs is 3. The van der Waals surface area contributed by atoms with Crippen LogP contribution >= 0.6 is 11.6 Å². The molecule has 3 fully saturated rings. The van der Waals surface area contributed by atoms with Gasteiger partial charge < -0.3 is 9.64 Å². The zero-order valence-corrected chi connectivity index (χ0v) is 22.0. The summed E-state index contributed by atoms with van der Waals surface area (Å²) in [6.07, 6.45) is -0.851. The lowest BCUT2D eigenvalue weighted by atomic mass is 9.57. The number of pyridine rings is 1. The summed E-state index contributed by atoms with van der Waals surface area (Å²) >= 11 is 6.34. The number of halogens is 5. The van der Waals surface area contributed by atoms with Crippen LogP contribution in [0.1, 0.15) is 48.8 Å². The number of hydrogen-bond acceptors (Lipinski definition) is 6. The number of alkyl halides is 3. The summed E-state index contributed by atoms with van der Waals surface area (Å²) in [6, 6.07) is 6.89. The largest absolute Gasteiger partial charge is 0.493 e. The van der Waals surface area contributed by atoms with E-state index in [0.717, 1.165) is 48.8 Å². The average molecular weight is 563 g/mol. The van der Waals surface area contributed by atoms with E-state index in [4.69, 9.17) is 16.3 Å². The third-order valence-electron chi connectivity index (χ3n) is 8.94. The standard InChI is InChI=1S/C27H27ClF4N6O/c1-39-22-7-19(29)10-33-25(22)37-13-26(14-37)8-16(9-26)24-35-34-23-12-36(20-5-17(6-20)27(30,31)32)11-15-4-18(28)2-3-21(15)38(23)24/h2-4,7,10,16-17,20H,5-6,8-9,11-14H2,1H3. The molecule has 2 aromatic heterocycles. The zero-order valence-electron chi connectivity index (χ0n) is 21.3. The molecular weight excluding hydrogens is 536 g/mol. The van der Waals surface area contributed by atoms with E-state index in [0.29, 0.717) is 29.7 Å². The fraction of sp³-hybridized carbons (Fsp3) is 0.519. The minimum Gasteiger partial charge on any atom is -0.493 e. The lowest BCUT2D eigenvalue weighted by molar-refractivity contribution is -0.207. The van der Waals surface area contributed by atoms with Gasteiger partial charge in [0, 0.05) is 48.1 Å². The predicted molar refractivity (Wildman–Crippen MR) is 136 cm³/mol. The van der Waals surface area contributed by atoms with Gasteiger partial charge in [0.1, 0.15) is 11.6 Å². The van der Waals surface area contributed by atoms with Crippen molar-refractivity contribution in [2.45, 2.75) is 56.9 Å². The smallest absolute Gasteiger partial charge is 0.391 e. The Morgan fingerprint density at radius 2 is 1.85 bits per heavy atom. The lowest BCUT2D eigenvalue weighted by Gasteiger charge is -2.59. The summed E-state index contributed by atoms with van der Waals surface area (Å²) in [7, 11) is 1.51. The van der Waals surface area contributed by atoms with E-state index in [2.05, 4.69) is 29.5 Å². The average Bonchev–Trinajstić information content (AvgIpc) is 3.11. The van der Waals surface area contributed by atoms with Crippen LogP contribution in [-0.2, 0) is 13.1 Å². The zero-order chi connectivity index (χ0) is 27.1. The van der Waals surface area contributed by atoms with Crippen molar-refractivity contribution in [2.24, 2.45) is 11.3 Å². The van der Waals surface area contributed by atoms with Gasteiger partial charge in [0.2, 0.25) is 0 Å². The molecule has 7 rings (SSSR count). The number of ether oxygens (including phenoxy) is 1. The molecule has 1 saturated heterocycles. The summed E-state index contributed by atoms with van der Waals surface area (Å²) < 4.78 is 60.5. The second-order valence-corrected chi connectivity index (χ2v) is 11.9. The minimum absolute atomic E-state index is 0.107. The van der Waals surface area contributed by atoms with Crippen LogP contribution in [0.4, 0.5) is 23.4 Å². The van der Waals surface area contributed by atoms with Crippen molar-refractivity contribution in [3.63, 3.8) is 0 Å². The number of methoxy groups -OCH3 is 1. The maximum absolute atomic E-state index is 13.6. The first kappa shape index (κ1) is 25.1. The Balaban J connectivity index is 1.10. The third kappa shape index (κ3) is 4.16. The Kier molecular flexibility index (Phi) is 5.65. The van der Waals surface area contributed by atoms with Gasteiger partial charge in [-0.3, -0.25) is 9.47 Å². The Hall–Kier alpha value is -2.92. The molecule has 0 unspecified atom stereocenters. The molecule has 0 amide bonds. The van der Waals surface area contributed by atoms with Gasteiger partial charge in [-0.2, -0.15) is 13.2 Å². The number of anilines is 1. The first-order valence-electron chi connectivity index (χ1n) is 13.1. The van der Waals surface area contributed by atoms with Crippen LogP contribution in [0.15, 0.2) is 30.5 Å². The van der Waals surface area contributed by atoms with Crippen molar-refractivity contribution in [1.29, 1.82) is 0 Å². The van der Waals surface area contributed by atoms with Crippen molar-refractivity contribution >= 4 is 17.4 Å². The summed E-state index contributed by atoms with van der Waals surface area (Å²) in [5.41, 5.74) is 2.05. The van der Waals surface area contributed by atoms with Crippen LogP contribution < -0.4 is 9.64 Å². The molecule has 7 nitrogen and oxygen atoms in total. The van der Waals surface area contributed by atoms with E-state index in [1.165, 1.54) is 19.4 Å². The summed E-state index contributed by atoms with van der Waals surface area (Å²) in [5.74, 6) is 1.26. The molecule has 0 N–H and O–H groups in total. The summed E-state index contributed by atoms with van der Waals surface area (Å²) in [4.78, 5) is 8.44.